The molecule has 0 bridgehead atoms. The van der Waals surface area contributed by atoms with Crippen LogP contribution in [0.1, 0.15) is 26.2 Å². The van der Waals surface area contributed by atoms with E-state index in [0.29, 0.717) is 18.4 Å². The van der Waals surface area contributed by atoms with Crippen LogP contribution in [0.25, 0.3) is 0 Å². The predicted octanol–water partition coefficient (Wildman–Crippen LogP) is 1.16. The molecule has 0 radical (unpaired) electrons. The molecule has 6 nitrogen and oxygen atoms in total. The molecule has 0 aromatic carbocycles. The van der Waals surface area contributed by atoms with Crippen LogP contribution in [0.15, 0.2) is 4.99 Å². The van der Waals surface area contributed by atoms with Gasteiger partial charge >= 0.3 is 0 Å². The summed E-state index contributed by atoms with van der Waals surface area (Å²) in [6.45, 7) is 7.27. The predicted molar refractivity (Wildman–Crippen MR) is 98.8 cm³/mol. The van der Waals surface area contributed by atoms with Gasteiger partial charge in [0.1, 0.15) is 0 Å². The van der Waals surface area contributed by atoms with Gasteiger partial charge in [0.25, 0.3) is 0 Å². The van der Waals surface area contributed by atoms with E-state index in [2.05, 4.69) is 22.1 Å². The first-order valence-electron chi connectivity index (χ1n) is 7.87. The minimum atomic E-state index is 0. The summed E-state index contributed by atoms with van der Waals surface area (Å²) in [5.74, 6) is 1.06. The minimum absolute atomic E-state index is 0. The smallest absolute Gasteiger partial charge is 0.223 e. The topological polar surface area (TPSA) is 57.2 Å². The second-order valence-corrected chi connectivity index (χ2v) is 6.25. The van der Waals surface area contributed by atoms with Crippen molar-refractivity contribution in [2.45, 2.75) is 26.2 Å². The number of carbonyl (C=O) groups excluding carboxylic acids is 1. The van der Waals surface area contributed by atoms with Crippen LogP contribution in [0.5, 0.6) is 0 Å². The molecule has 2 saturated heterocycles. The molecule has 128 valence electrons. The molecule has 0 saturated carbocycles. The molecule has 7 heteroatoms. The number of halogens is 1. The normalized spacial score (nSPS) is 24.5. The molecular formula is C15H29IN4O2. The first-order chi connectivity index (χ1) is 10.1. The van der Waals surface area contributed by atoms with Gasteiger partial charge in [-0.3, -0.25) is 9.79 Å². The second kappa shape index (κ2) is 8.90. The molecule has 1 spiro atoms. The number of hydrogen-bond acceptors (Lipinski definition) is 3. The molecule has 0 aromatic rings. The van der Waals surface area contributed by atoms with Crippen molar-refractivity contribution in [1.29, 1.82) is 0 Å². The number of aliphatic imine (C=N–C) groups is 1. The summed E-state index contributed by atoms with van der Waals surface area (Å²) in [7, 11) is 3.56. The maximum Gasteiger partial charge on any atom is 0.223 e. The van der Waals surface area contributed by atoms with Gasteiger partial charge in [0.15, 0.2) is 5.96 Å². The van der Waals surface area contributed by atoms with E-state index >= 15 is 0 Å². The van der Waals surface area contributed by atoms with E-state index in [0.717, 1.165) is 45.2 Å². The zero-order chi connectivity index (χ0) is 15.3. The number of guanidine groups is 1. The summed E-state index contributed by atoms with van der Waals surface area (Å²) < 4.78 is 5.57. The Bertz CT molecular complexity index is 395. The Hall–Kier alpha value is -0.570. The highest BCUT2D eigenvalue weighted by atomic mass is 127. The Balaban J connectivity index is 0.00000242. The third-order valence-electron chi connectivity index (χ3n) is 4.34. The molecule has 1 amide bonds. The fourth-order valence-electron chi connectivity index (χ4n) is 2.99. The van der Waals surface area contributed by atoms with Gasteiger partial charge < -0.3 is 19.9 Å². The number of rotatable bonds is 4. The highest BCUT2D eigenvalue weighted by Crippen LogP contribution is 2.38. The minimum Gasteiger partial charge on any atom is -0.381 e. The lowest BCUT2D eigenvalue weighted by Gasteiger charge is -2.25. The van der Waals surface area contributed by atoms with Gasteiger partial charge in [-0.1, -0.05) is 0 Å². The van der Waals surface area contributed by atoms with Crippen LogP contribution in [0, 0.1) is 5.41 Å². The van der Waals surface area contributed by atoms with Crippen molar-refractivity contribution in [1.82, 2.24) is 15.1 Å². The maximum absolute atomic E-state index is 11.6. The van der Waals surface area contributed by atoms with Crippen LogP contribution in [0.2, 0.25) is 0 Å². The lowest BCUT2D eigenvalue weighted by molar-refractivity contribution is -0.128. The van der Waals surface area contributed by atoms with Crippen LogP contribution < -0.4 is 5.32 Å². The van der Waals surface area contributed by atoms with E-state index in [4.69, 9.17) is 4.74 Å². The zero-order valence-corrected chi connectivity index (χ0v) is 16.3. The Morgan fingerprint density at radius 3 is 2.77 bits per heavy atom. The molecule has 2 aliphatic heterocycles. The standard InChI is InChI=1S/C15H28N4O2.HI/c1-4-16-14(17-8-5-13(20)18(2)3)19-9-6-15(11-19)7-10-21-12-15;/h4-12H2,1-3H3,(H,16,17);1H. The third kappa shape index (κ3) is 4.97. The molecule has 2 rings (SSSR count). The van der Waals surface area contributed by atoms with Crippen LogP contribution in [-0.4, -0.2) is 75.2 Å². The van der Waals surface area contributed by atoms with Gasteiger partial charge in [0, 0.05) is 52.2 Å². The van der Waals surface area contributed by atoms with Gasteiger partial charge in [0.05, 0.1) is 13.2 Å². The van der Waals surface area contributed by atoms with E-state index < -0.39 is 0 Å². The monoisotopic (exact) mass is 424 g/mol. The van der Waals surface area contributed by atoms with Crippen molar-refractivity contribution >= 4 is 35.8 Å². The molecule has 2 fully saturated rings. The Kier molecular flexibility index (Phi) is 7.88. The molecule has 1 atom stereocenters. The number of likely N-dealkylation sites (tertiary alicyclic amines) is 1. The molecule has 1 N–H and O–H groups in total. The number of amides is 1. The van der Waals surface area contributed by atoms with Gasteiger partial charge in [0.2, 0.25) is 5.91 Å². The van der Waals surface area contributed by atoms with Crippen LogP contribution in [-0.2, 0) is 9.53 Å². The lowest BCUT2D eigenvalue weighted by atomic mass is 9.87. The van der Waals surface area contributed by atoms with E-state index in [1.165, 1.54) is 6.42 Å². The highest BCUT2D eigenvalue weighted by Gasteiger charge is 2.42. The van der Waals surface area contributed by atoms with E-state index in [1.807, 2.05) is 0 Å². The van der Waals surface area contributed by atoms with Gasteiger partial charge in [-0.25, -0.2) is 0 Å². The number of nitrogens with zero attached hydrogens (tertiary/aromatic N) is 3. The Morgan fingerprint density at radius 2 is 2.18 bits per heavy atom. The van der Waals surface area contributed by atoms with E-state index in [9.17, 15) is 4.79 Å². The Morgan fingerprint density at radius 1 is 1.41 bits per heavy atom. The van der Waals surface area contributed by atoms with Gasteiger partial charge in [-0.05, 0) is 19.8 Å². The average Bonchev–Trinajstić information content (AvgIpc) is 3.08. The summed E-state index contributed by atoms with van der Waals surface area (Å²) in [5, 5.41) is 3.34. The molecule has 2 heterocycles. The van der Waals surface area contributed by atoms with Crippen molar-refractivity contribution in [3.63, 3.8) is 0 Å². The van der Waals surface area contributed by atoms with Crippen molar-refractivity contribution in [2.24, 2.45) is 10.4 Å². The van der Waals surface area contributed by atoms with Crippen LogP contribution in [0.4, 0.5) is 0 Å². The van der Waals surface area contributed by atoms with Crippen molar-refractivity contribution in [3.05, 3.63) is 0 Å². The number of carbonyl (C=O) groups is 1. The van der Waals surface area contributed by atoms with Crippen molar-refractivity contribution in [2.75, 3.05) is 53.5 Å². The third-order valence-corrected chi connectivity index (χ3v) is 4.34. The molecule has 2 aliphatic rings. The number of hydrogen-bond donors (Lipinski definition) is 1. The Labute approximate surface area is 150 Å². The quantitative estimate of drug-likeness (QED) is 0.418. The summed E-state index contributed by atoms with van der Waals surface area (Å²) in [4.78, 5) is 20.2. The number of nitrogens with one attached hydrogen (secondary N) is 1. The van der Waals surface area contributed by atoms with Crippen molar-refractivity contribution in [3.8, 4) is 0 Å². The zero-order valence-electron chi connectivity index (χ0n) is 13.9. The van der Waals surface area contributed by atoms with Gasteiger partial charge in [-0.2, -0.15) is 0 Å². The second-order valence-electron chi connectivity index (χ2n) is 6.25. The summed E-state index contributed by atoms with van der Waals surface area (Å²) >= 11 is 0. The summed E-state index contributed by atoms with van der Waals surface area (Å²) in [6, 6.07) is 0. The molecule has 1 unspecified atom stereocenters. The average molecular weight is 424 g/mol. The van der Waals surface area contributed by atoms with E-state index in [1.54, 1.807) is 19.0 Å². The lowest BCUT2D eigenvalue weighted by Crippen LogP contribution is -2.41. The molecule has 0 aromatic heterocycles. The van der Waals surface area contributed by atoms with Crippen molar-refractivity contribution < 1.29 is 9.53 Å². The fraction of sp³-hybridized carbons (Fsp3) is 0.867. The first-order valence-corrected chi connectivity index (χ1v) is 7.87. The van der Waals surface area contributed by atoms with Gasteiger partial charge in [-0.15, -0.1) is 24.0 Å². The first kappa shape index (κ1) is 19.5. The molecular weight excluding hydrogens is 395 g/mol. The maximum atomic E-state index is 11.6. The van der Waals surface area contributed by atoms with Crippen LogP contribution >= 0.6 is 24.0 Å². The highest BCUT2D eigenvalue weighted by molar-refractivity contribution is 14.0. The van der Waals surface area contributed by atoms with Crippen LogP contribution in [0.3, 0.4) is 0 Å². The summed E-state index contributed by atoms with van der Waals surface area (Å²) in [6.07, 6.45) is 2.79. The van der Waals surface area contributed by atoms with E-state index in [-0.39, 0.29) is 29.9 Å². The fourth-order valence-corrected chi connectivity index (χ4v) is 2.99. The summed E-state index contributed by atoms with van der Waals surface area (Å²) in [5.41, 5.74) is 0.329. The molecule has 0 aliphatic carbocycles. The number of ether oxygens (including phenoxy) is 1. The SMILES string of the molecule is CCNC(=NCCC(=O)N(C)C)N1CCC2(CCOC2)C1.I. The molecule has 22 heavy (non-hydrogen) atoms. The largest absolute Gasteiger partial charge is 0.381 e.